The quantitative estimate of drug-likeness (QED) is 0.140. The van der Waals surface area contributed by atoms with Crippen LogP contribution >= 0.6 is 0 Å². The van der Waals surface area contributed by atoms with E-state index in [1.807, 2.05) is 30.5 Å². The Morgan fingerprint density at radius 1 is 0.811 bits per heavy atom. The maximum Gasteiger partial charge on any atom is 2.00 e. The Morgan fingerprint density at radius 3 is 1.81 bits per heavy atom. The Bertz CT molecular complexity index is 1340. The number of fused-ring (bicyclic) bond motifs is 3. The van der Waals surface area contributed by atoms with Crippen LogP contribution in [0.1, 0.15) is 12.5 Å². The van der Waals surface area contributed by atoms with Crippen LogP contribution in [0.15, 0.2) is 109 Å². The van der Waals surface area contributed by atoms with E-state index in [1.165, 1.54) is 22.9 Å². The van der Waals surface area contributed by atoms with Crippen LogP contribution in [0.25, 0.3) is 21.7 Å². The van der Waals surface area contributed by atoms with Gasteiger partial charge in [-0.1, -0.05) is 83.6 Å². The molecule has 5 rings (SSSR count). The summed E-state index contributed by atoms with van der Waals surface area (Å²) >= 11 is 0. The molecule has 0 saturated carbocycles. The second-order valence-corrected chi connectivity index (χ2v) is 7.25. The van der Waals surface area contributed by atoms with Crippen LogP contribution in [-0.2, 0) is 25.2 Å². The van der Waals surface area contributed by atoms with Crippen molar-refractivity contribution in [3.05, 3.63) is 135 Å². The van der Waals surface area contributed by atoms with E-state index in [0.29, 0.717) is 5.46 Å². The van der Waals surface area contributed by atoms with Crippen LogP contribution in [0.5, 0.6) is 0 Å². The molecule has 4 aromatic carbocycles. The minimum atomic E-state index is -1.34. The largest absolute Gasteiger partial charge is 2.00 e. The zero-order chi connectivity index (χ0) is 25.6. The number of pyridine rings is 1. The van der Waals surface area contributed by atoms with Crippen molar-refractivity contribution in [1.82, 2.24) is 4.98 Å². The summed E-state index contributed by atoms with van der Waals surface area (Å²) in [4.78, 5) is 13.4. The van der Waals surface area contributed by atoms with Crippen molar-refractivity contribution in [3.63, 3.8) is 0 Å². The van der Waals surface area contributed by atoms with E-state index < -0.39 is 13.1 Å². The fourth-order valence-corrected chi connectivity index (χ4v) is 3.03. The number of carbonyl (C=O) groups is 1. The standard InChI is InChI=1S/C14H10N.C6H7BO2.C6H5F.C2H4O2.CH3.Pd/c1-10-4-2-5-11-7-8-12-6-3-9-15-14(12)13(10)11;8-7(9)6-4-2-1-3-5-6;7-6-4-2-1-3-5-6;1-2(3)4;;/h2-9H,1H2;1-5,8-9H;1-5H;1H3,(H,3,4);1H3;/q-1;;;;-1;+2. The maximum absolute atomic E-state index is 11.9. The van der Waals surface area contributed by atoms with Crippen molar-refractivity contribution in [2.75, 3.05) is 0 Å². The molecule has 3 N–H and O–H groups in total. The molecule has 0 saturated heterocycles. The number of aliphatic carboxylic acids is 1. The molecule has 0 bridgehead atoms. The predicted octanol–water partition coefficient (Wildman–Crippen LogP) is 5.30. The molecule has 0 unspecified atom stereocenters. The van der Waals surface area contributed by atoms with Crippen LogP contribution in [0.4, 0.5) is 4.39 Å². The van der Waals surface area contributed by atoms with E-state index in [9.17, 15) is 4.39 Å². The number of carboxylic acids is 1. The molecular weight excluding hydrogens is 563 g/mol. The molecule has 0 fully saturated rings. The Labute approximate surface area is 231 Å². The van der Waals surface area contributed by atoms with E-state index in [4.69, 9.17) is 19.9 Å². The van der Waals surface area contributed by atoms with E-state index in [0.717, 1.165) is 23.4 Å². The van der Waals surface area contributed by atoms with Crippen LogP contribution in [0.3, 0.4) is 0 Å². The van der Waals surface area contributed by atoms with Crippen LogP contribution in [0, 0.1) is 20.2 Å². The van der Waals surface area contributed by atoms with Gasteiger partial charge in [0.2, 0.25) is 0 Å². The number of halogens is 1. The van der Waals surface area contributed by atoms with Crippen molar-refractivity contribution in [2.24, 2.45) is 0 Å². The topological polar surface area (TPSA) is 90.7 Å². The molecule has 37 heavy (non-hydrogen) atoms. The summed E-state index contributed by atoms with van der Waals surface area (Å²) in [6.45, 7) is 5.14. The molecular formula is C29H29BFNO4Pd. The SMILES string of the molecule is CC(=O)O.Fc1ccccc1.OB(O)c1ccccc1.[CH2-]c1cccc2ccc3cccnc3c12.[CH3-].[Pd+2]. The summed E-state index contributed by atoms with van der Waals surface area (Å²) < 4.78 is 11.9. The molecule has 1 heterocycles. The van der Waals surface area contributed by atoms with Gasteiger partial charge in [-0.2, -0.15) is 18.6 Å². The van der Waals surface area contributed by atoms with E-state index in [1.54, 1.807) is 42.5 Å². The molecule has 1 aromatic heterocycles. The minimum Gasteiger partial charge on any atom is -0.481 e. The van der Waals surface area contributed by atoms with Gasteiger partial charge in [-0.15, -0.1) is 6.07 Å². The number of carboxylic acid groups (broad SMARTS) is 1. The van der Waals surface area contributed by atoms with Gasteiger partial charge in [0.15, 0.2) is 0 Å². The molecule has 0 atom stereocenters. The third-order valence-electron chi connectivity index (χ3n) is 4.53. The fraction of sp³-hybridized carbons (Fsp3) is 0.0345. The van der Waals surface area contributed by atoms with Crippen LogP contribution < -0.4 is 5.46 Å². The van der Waals surface area contributed by atoms with Gasteiger partial charge in [0.05, 0.1) is 0 Å². The van der Waals surface area contributed by atoms with Crippen molar-refractivity contribution in [2.45, 2.75) is 6.92 Å². The molecule has 5 nitrogen and oxygen atoms in total. The molecule has 194 valence electrons. The van der Waals surface area contributed by atoms with Gasteiger partial charge in [0.25, 0.3) is 5.97 Å². The monoisotopic (exact) mass is 591 g/mol. The maximum atomic E-state index is 11.9. The molecule has 0 aliphatic heterocycles. The van der Waals surface area contributed by atoms with Crippen molar-refractivity contribution < 1.29 is 44.8 Å². The molecule has 0 radical (unpaired) electrons. The van der Waals surface area contributed by atoms with Gasteiger partial charge in [-0.05, 0) is 29.0 Å². The summed E-state index contributed by atoms with van der Waals surface area (Å²) in [5.41, 5.74) is 2.61. The van der Waals surface area contributed by atoms with E-state index >= 15 is 0 Å². The third kappa shape index (κ3) is 11.8. The van der Waals surface area contributed by atoms with Gasteiger partial charge in [-0.3, -0.25) is 9.78 Å². The molecule has 0 aliphatic rings. The number of rotatable bonds is 1. The normalized spacial score (nSPS) is 8.97. The van der Waals surface area contributed by atoms with E-state index in [2.05, 4.69) is 36.2 Å². The first-order chi connectivity index (χ1) is 16.8. The zero-order valence-corrected chi connectivity index (χ0v) is 22.1. The smallest absolute Gasteiger partial charge is 0.481 e. The molecule has 0 spiro atoms. The zero-order valence-electron chi connectivity index (χ0n) is 20.6. The molecule has 0 aliphatic carbocycles. The summed E-state index contributed by atoms with van der Waals surface area (Å²) in [7, 11) is -1.34. The minimum absolute atomic E-state index is 0. The van der Waals surface area contributed by atoms with Gasteiger partial charge >= 0.3 is 27.5 Å². The Hall–Kier alpha value is -3.53. The number of aromatic nitrogens is 1. The average molecular weight is 592 g/mol. The Balaban J connectivity index is 0.000000511. The second-order valence-electron chi connectivity index (χ2n) is 7.25. The van der Waals surface area contributed by atoms with Gasteiger partial charge < -0.3 is 22.6 Å². The molecule has 5 aromatic rings. The van der Waals surface area contributed by atoms with Crippen LogP contribution in [0.2, 0.25) is 0 Å². The van der Waals surface area contributed by atoms with Gasteiger partial charge in [-0.25, -0.2) is 4.39 Å². The first kappa shape index (κ1) is 33.5. The van der Waals surface area contributed by atoms with Crippen molar-refractivity contribution in [1.29, 1.82) is 0 Å². The molecule has 8 heteroatoms. The number of hydrogen-bond donors (Lipinski definition) is 3. The average Bonchev–Trinajstić information content (AvgIpc) is 2.85. The van der Waals surface area contributed by atoms with E-state index in [-0.39, 0.29) is 33.7 Å². The van der Waals surface area contributed by atoms with Crippen molar-refractivity contribution in [3.8, 4) is 0 Å². The number of hydrogen-bond acceptors (Lipinski definition) is 4. The summed E-state index contributed by atoms with van der Waals surface area (Å²) in [6, 6.07) is 31.0. The predicted molar refractivity (Wildman–Crippen MR) is 146 cm³/mol. The van der Waals surface area contributed by atoms with Gasteiger partial charge in [0, 0.05) is 18.6 Å². The van der Waals surface area contributed by atoms with Crippen molar-refractivity contribution >= 4 is 40.2 Å². The summed E-state index contributed by atoms with van der Waals surface area (Å²) in [5.74, 6) is -1.01. The first-order valence-electron chi connectivity index (χ1n) is 10.7. The number of nitrogens with zero attached hydrogens (tertiary/aromatic N) is 1. The fourth-order valence-electron chi connectivity index (χ4n) is 3.03. The van der Waals surface area contributed by atoms with Crippen LogP contribution in [-0.4, -0.2) is 33.2 Å². The third-order valence-corrected chi connectivity index (χ3v) is 4.53. The van der Waals surface area contributed by atoms with Gasteiger partial charge in [0.1, 0.15) is 5.82 Å². The second kappa shape index (κ2) is 17.8. The Morgan fingerprint density at radius 2 is 1.32 bits per heavy atom. The Kier molecular flexibility index (Phi) is 16.1. The first-order valence-corrected chi connectivity index (χ1v) is 10.7. The summed E-state index contributed by atoms with van der Waals surface area (Å²) in [5, 5.41) is 28.1. The number of benzene rings is 4. The molecule has 0 amide bonds. The summed E-state index contributed by atoms with van der Waals surface area (Å²) in [6.07, 6.45) is 1.83.